The van der Waals surface area contributed by atoms with E-state index in [2.05, 4.69) is 105 Å². The van der Waals surface area contributed by atoms with Crippen LogP contribution in [0.25, 0.3) is 0 Å². The second-order valence-corrected chi connectivity index (χ2v) is 24.7. The highest BCUT2D eigenvalue weighted by Gasteiger charge is 2.31. The number of aromatic nitrogens is 2. The number of aryl methyl sites for hydroxylation is 1. The molecule has 2 aromatic heterocycles. The average molecular weight is 983 g/mol. The number of ether oxygens (including phenoxy) is 1. The molecule has 2 aliphatic heterocycles. The molecule has 11 nitrogen and oxygen atoms in total. The van der Waals surface area contributed by atoms with Gasteiger partial charge >= 0.3 is 0 Å². The van der Waals surface area contributed by atoms with Gasteiger partial charge in [0, 0.05) is 76.0 Å². The van der Waals surface area contributed by atoms with E-state index in [1.54, 1.807) is 55.5 Å². The van der Waals surface area contributed by atoms with Crippen LogP contribution >= 0.6 is 22.7 Å². The van der Waals surface area contributed by atoms with Crippen molar-refractivity contribution in [3.63, 3.8) is 0 Å². The van der Waals surface area contributed by atoms with E-state index in [9.17, 15) is 16.8 Å². The summed E-state index contributed by atoms with van der Waals surface area (Å²) in [5, 5.41) is 6.13. The number of hydrogen-bond donors (Lipinski definition) is 0. The van der Waals surface area contributed by atoms with E-state index < -0.39 is 20.0 Å². The molecule has 0 atom stereocenters. The van der Waals surface area contributed by atoms with Gasteiger partial charge in [-0.05, 0) is 88.4 Å². The monoisotopic (exact) mass is 982 g/mol. The van der Waals surface area contributed by atoms with Crippen LogP contribution < -0.4 is 14.5 Å². The Bertz CT molecular complexity index is 2740. The van der Waals surface area contributed by atoms with Gasteiger partial charge in [-0.3, -0.25) is 0 Å². The first kappa shape index (κ1) is 50.2. The van der Waals surface area contributed by atoms with Gasteiger partial charge in [-0.2, -0.15) is 8.61 Å². The number of anilines is 2. The molecule has 0 amide bonds. The molecule has 6 aromatic rings. The molecule has 2 saturated heterocycles. The first-order valence-electron chi connectivity index (χ1n) is 23.2. The largest absolute Gasteiger partial charge is 0.494 e. The minimum Gasteiger partial charge on any atom is -0.494 e. The van der Waals surface area contributed by atoms with Gasteiger partial charge in [-0.25, -0.2) is 26.8 Å². The van der Waals surface area contributed by atoms with Crippen LogP contribution in [-0.4, -0.2) is 94.4 Å². The molecule has 0 N–H and O–H groups in total. The molecular formula is C52H66N6O5S4. The second kappa shape index (κ2) is 21.3. The van der Waals surface area contributed by atoms with Crippen LogP contribution in [0.5, 0.6) is 5.75 Å². The Labute approximate surface area is 407 Å². The number of nitrogens with zero attached hydrogens (tertiary/aromatic N) is 6. The first-order chi connectivity index (χ1) is 31.8. The van der Waals surface area contributed by atoms with Gasteiger partial charge in [0.25, 0.3) is 0 Å². The highest BCUT2D eigenvalue weighted by Crippen LogP contribution is 2.30. The Morgan fingerprint density at radius 1 is 0.507 bits per heavy atom. The summed E-state index contributed by atoms with van der Waals surface area (Å²) in [7, 11) is -6.98. The molecular weight excluding hydrogens is 917 g/mol. The minimum absolute atomic E-state index is 0.000557. The van der Waals surface area contributed by atoms with Crippen LogP contribution in [0.1, 0.15) is 94.6 Å². The lowest BCUT2D eigenvalue weighted by molar-refractivity contribution is 0.340. The van der Waals surface area contributed by atoms with Crippen molar-refractivity contribution < 1.29 is 21.6 Å². The van der Waals surface area contributed by atoms with Gasteiger partial charge < -0.3 is 14.5 Å². The summed E-state index contributed by atoms with van der Waals surface area (Å²) in [6, 6.07) is 31.5. The van der Waals surface area contributed by atoms with Crippen molar-refractivity contribution >= 4 is 53.0 Å². The highest BCUT2D eigenvalue weighted by atomic mass is 32.2. The fraction of sp³-hybridized carbons (Fsp3) is 0.423. The number of hydrogen-bond acceptors (Lipinski definition) is 11. The summed E-state index contributed by atoms with van der Waals surface area (Å²) in [4.78, 5) is 14.7. The maximum absolute atomic E-state index is 13.1. The Morgan fingerprint density at radius 3 is 1.21 bits per heavy atom. The van der Waals surface area contributed by atoms with Crippen molar-refractivity contribution in [3.05, 3.63) is 147 Å². The third kappa shape index (κ3) is 12.7. The van der Waals surface area contributed by atoms with Crippen LogP contribution in [-0.2, 0) is 50.1 Å². The molecule has 2 aliphatic rings. The van der Waals surface area contributed by atoms with Gasteiger partial charge in [0.15, 0.2) is 10.3 Å². The lowest BCUT2D eigenvalue weighted by atomic mass is 9.87. The second-order valence-electron chi connectivity index (χ2n) is 19.2. The van der Waals surface area contributed by atoms with E-state index in [4.69, 9.17) is 14.7 Å². The van der Waals surface area contributed by atoms with Crippen LogP contribution in [0.3, 0.4) is 0 Å². The molecule has 67 heavy (non-hydrogen) atoms. The van der Waals surface area contributed by atoms with Crippen LogP contribution in [0, 0.1) is 0 Å². The molecule has 0 saturated carbocycles. The van der Waals surface area contributed by atoms with Crippen LogP contribution in [0.15, 0.2) is 118 Å². The van der Waals surface area contributed by atoms with E-state index in [1.165, 1.54) is 16.7 Å². The molecule has 4 aromatic carbocycles. The molecule has 0 spiro atoms. The quantitative estimate of drug-likeness (QED) is 0.112. The molecule has 0 unspecified atom stereocenters. The molecule has 2 fully saturated rings. The molecule has 8 rings (SSSR count). The van der Waals surface area contributed by atoms with Gasteiger partial charge in [0.05, 0.1) is 27.8 Å². The van der Waals surface area contributed by atoms with E-state index in [-0.39, 0.29) is 10.8 Å². The third-order valence-corrected chi connectivity index (χ3v) is 18.0. The van der Waals surface area contributed by atoms with Crippen molar-refractivity contribution in [1.29, 1.82) is 0 Å². The Morgan fingerprint density at radius 2 is 0.866 bits per heavy atom. The van der Waals surface area contributed by atoms with Crippen molar-refractivity contribution in [1.82, 2.24) is 18.6 Å². The van der Waals surface area contributed by atoms with Crippen LogP contribution in [0.2, 0.25) is 0 Å². The van der Waals surface area contributed by atoms with Crippen LogP contribution in [0.4, 0.5) is 10.3 Å². The lowest BCUT2D eigenvalue weighted by Crippen LogP contribution is -2.48. The SMILES string of the molecule is CCOc1ccc(Cc2csc(N3CCN(S(=O)(=O)c4ccc(C(C)(C)C)cc4)CC3)n2)cc1.CCc1ccc(Cc2csc(N3CCN(S(=O)(=O)c4ccc(C(C)(C)C)cc4)CC3)n2)cc1. The highest BCUT2D eigenvalue weighted by molar-refractivity contribution is 7.89. The van der Waals surface area contributed by atoms with E-state index in [1.807, 2.05) is 43.3 Å². The van der Waals surface area contributed by atoms with Crippen molar-refractivity contribution in [2.45, 2.75) is 95.3 Å². The maximum atomic E-state index is 13.1. The maximum Gasteiger partial charge on any atom is 0.243 e. The zero-order valence-electron chi connectivity index (χ0n) is 40.2. The number of rotatable bonds is 13. The van der Waals surface area contributed by atoms with Gasteiger partial charge in [0.1, 0.15) is 5.75 Å². The molecule has 15 heteroatoms. The number of thiazole rings is 2. The fourth-order valence-electron chi connectivity index (χ4n) is 8.02. The number of piperazine rings is 2. The Hall–Kier alpha value is -4.64. The summed E-state index contributed by atoms with van der Waals surface area (Å²) in [6.45, 7) is 22.0. The van der Waals surface area contributed by atoms with E-state index >= 15 is 0 Å². The number of benzene rings is 4. The van der Waals surface area contributed by atoms with Crippen molar-refractivity contribution in [2.24, 2.45) is 0 Å². The summed E-state index contributed by atoms with van der Waals surface area (Å²) in [6.07, 6.45) is 2.63. The average Bonchev–Trinajstić information content (AvgIpc) is 4.00. The number of sulfonamides is 2. The first-order valence-corrected chi connectivity index (χ1v) is 27.9. The summed E-state index contributed by atoms with van der Waals surface area (Å²) < 4.78 is 61.3. The predicted octanol–water partition coefficient (Wildman–Crippen LogP) is 10.0. The predicted molar refractivity (Wildman–Crippen MR) is 275 cm³/mol. The lowest BCUT2D eigenvalue weighted by Gasteiger charge is -2.33. The standard InChI is InChI=1S/C26H33N3O3S2.C26H33N3O2S2/c1-5-32-23-10-6-20(7-11-23)18-22-19-33-25(27-22)28-14-16-29(17-15-28)34(30,31)24-12-8-21(9-13-24)26(2,3)4;1-5-20-6-8-21(9-7-20)18-23-19-32-25(27-23)28-14-16-29(17-15-28)33(30,31)24-12-10-22(11-13-24)26(2,3)4/h6-13,19H,5,14-18H2,1-4H3;6-13,19H,5,14-18H2,1-4H3. The van der Waals surface area contributed by atoms with E-state index in [0.717, 1.165) is 57.8 Å². The smallest absolute Gasteiger partial charge is 0.243 e. The summed E-state index contributed by atoms with van der Waals surface area (Å²) in [5.41, 5.74) is 8.13. The normalized spacial score (nSPS) is 15.6. The Kier molecular flexibility index (Phi) is 16.0. The minimum atomic E-state index is -3.49. The zero-order chi connectivity index (χ0) is 48.0. The molecule has 0 aliphatic carbocycles. The topological polar surface area (TPSA) is 116 Å². The molecule has 4 heterocycles. The molecule has 0 radical (unpaired) electrons. The van der Waals surface area contributed by atoms with Crippen molar-refractivity contribution in [3.8, 4) is 5.75 Å². The van der Waals surface area contributed by atoms with Gasteiger partial charge in [-0.15, -0.1) is 22.7 Å². The summed E-state index contributed by atoms with van der Waals surface area (Å²) >= 11 is 3.26. The molecule has 358 valence electrons. The van der Waals surface area contributed by atoms with Crippen molar-refractivity contribution in [2.75, 3.05) is 68.8 Å². The van der Waals surface area contributed by atoms with Gasteiger partial charge in [-0.1, -0.05) is 109 Å². The molecule has 0 bridgehead atoms. The third-order valence-electron chi connectivity index (χ3n) is 12.2. The fourth-order valence-corrected chi connectivity index (χ4v) is 12.6. The van der Waals surface area contributed by atoms with Gasteiger partial charge in [0.2, 0.25) is 20.0 Å². The zero-order valence-corrected chi connectivity index (χ0v) is 43.5. The van der Waals surface area contributed by atoms with E-state index in [0.29, 0.717) is 68.8 Å². The Balaban J connectivity index is 0.000000199. The summed E-state index contributed by atoms with van der Waals surface area (Å²) in [5.74, 6) is 0.878.